The normalized spacial score (nSPS) is 22.6. The van der Waals surface area contributed by atoms with Gasteiger partial charge in [-0.2, -0.15) is 18.3 Å². The molecule has 2 saturated heterocycles. The average Bonchev–Trinajstić information content (AvgIpc) is 3.49. The van der Waals surface area contributed by atoms with Gasteiger partial charge in [-0.15, -0.1) is 0 Å². The molecule has 3 heterocycles. The summed E-state index contributed by atoms with van der Waals surface area (Å²) in [5, 5.41) is 13.7. The van der Waals surface area contributed by atoms with Crippen LogP contribution in [-0.4, -0.2) is 95.1 Å². The summed E-state index contributed by atoms with van der Waals surface area (Å²) in [6.07, 6.45) is -1.06. The maximum atomic E-state index is 13.5. The predicted molar refractivity (Wildman–Crippen MR) is 144 cm³/mol. The monoisotopic (exact) mass is 575 g/mol. The number of likely N-dealkylation sites (tertiary alicyclic amines) is 1. The van der Waals surface area contributed by atoms with Gasteiger partial charge < -0.3 is 24.5 Å². The van der Waals surface area contributed by atoms with E-state index in [4.69, 9.17) is 14.9 Å². The third-order valence-electron chi connectivity index (χ3n) is 9.09. The Morgan fingerprint density at radius 1 is 1.07 bits per heavy atom. The molecule has 0 spiro atoms. The Balaban J connectivity index is 1.10. The van der Waals surface area contributed by atoms with Gasteiger partial charge in [-0.05, 0) is 62.1 Å². The van der Waals surface area contributed by atoms with Gasteiger partial charge in [0.25, 0.3) is 5.91 Å². The number of benzene rings is 1. The SMILES string of the molecule is Cc1c(N2CCN(C(=O)Cn3nc(C(=O)N4CCC(OCCO)CC4)c4c3C[C@H]3C[C@@H]43)CC2)cccc1C(F)(F)F. The lowest BCUT2D eigenvalue weighted by atomic mass is 10.0. The molecule has 0 radical (unpaired) electrons. The van der Waals surface area contributed by atoms with Crippen molar-refractivity contribution in [3.05, 3.63) is 46.3 Å². The number of hydrogen-bond acceptors (Lipinski definition) is 6. The molecule has 1 saturated carbocycles. The maximum absolute atomic E-state index is 13.5. The van der Waals surface area contributed by atoms with Crippen LogP contribution in [0.2, 0.25) is 0 Å². The summed E-state index contributed by atoms with van der Waals surface area (Å²) in [5.41, 5.74) is 2.58. The van der Waals surface area contributed by atoms with E-state index in [-0.39, 0.29) is 36.6 Å². The lowest BCUT2D eigenvalue weighted by Crippen LogP contribution is -2.50. The number of piperidine rings is 1. The fraction of sp³-hybridized carbons (Fsp3) is 0.621. The van der Waals surface area contributed by atoms with Crippen LogP contribution in [0.1, 0.15) is 58.1 Å². The van der Waals surface area contributed by atoms with E-state index in [0.29, 0.717) is 81.9 Å². The van der Waals surface area contributed by atoms with Crippen LogP contribution in [0.3, 0.4) is 0 Å². The highest BCUT2D eigenvalue weighted by Gasteiger charge is 2.50. The zero-order chi connectivity index (χ0) is 28.9. The molecule has 3 fully saturated rings. The molecule has 2 aromatic rings. The highest BCUT2D eigenvalue weighted by atomic mass is 19.4. The molecule has 2 aliphatic heterocycles. The molecule has 4 aliphatic rings. The third kappa shape index (κ3) is 5.43. The van der Waals surface area contributed by atoms with E-state index in [1.165, 1.54) is 13.0 Å². The van der Waals surface area contributed by atoms with Gasteiger partial charge in [-0.25, -0.2) is 0 Å². The number of alkyl halides is 3. The smallest absolute Gasteiger partial charge is 0.394 e. The van der Waals surface area contributed by atoms with Crippen LogP contribution < -0.4 is 4.90 Å². The van der Waals surface area contributed by atoms with Gasteiger partial charge in [-0.1, -0.05) is 6.07 Å². The van der Waals surface area contributed by atoms with E-state index in [2.05, 4.69) is 0 Å². The molecular weight excluding hydrogens is 539 g/mol. The molecule has 1 N–H and O–H groups in total. The molecule has 2 atom stereocenters. The highest BCUT2D eigenvalue weighted by Crippen LogP contribution is 2.57. The number of hydrogen-bond donors (Lipinski definition) is 1. The molecule has 222 valence electrons. The van der Waals surface area contributed by atoms with Gasteiger partial charge in [0.1, 0.15) is 6.54 Å². The number of aromatic nitrogens is 2. The molecule has 12 heteroatoms. The molecule has 2 amide bonds. The van der Waals surface area contributed by atoms with E-state index in [1.54, 1.807) is 15.6 Å². The Morgan fingerprint density at radius 2 is 1.80 bits per heavy atom. The number of rotatable bonds is 7. The molecule has 1 aromatic heterocycles. The standard InChI is InChI=1S/C29H36F3N5O4/c1-18-22(29(30,31)32)3-2-4-23(18)34-9-11-35(12-10-34)25(39)17-37-24-16-19-15-21(19)26(24)27(33-37)28(40)36-7-5-20(6-8-36)41-14-13-38/h2-4,19-21,38H,5-17H2,1H3/t19-,21-/m1/s1. The summed E-state index contributed by atoms with van der Waals surface area (Å²) in [4.78, 5) is 32.3. The van der Waals surface area contributed by atoms with Crippen molar-refractivity contribution in [2.75, 3.05) is 57.4 Å². The highest BCUT2D eigenvalue weighted by molar-refractivity contribution is 5.95. The molecule has 9 nitrogen and oxygen atoms in total. The van der Waals surface area contributed by atoms with Gasteiger partial charge in [0.15, 0.2) is 5.69 Å². The van der Waals surface area contributed by atoms with Gasteiger partial charge in [0.05, 0.1) is 24.9 Å². The van der Waals surface area contributed by atoms with Crippen LogP contribution in [-0.2, 0) is 28.7 Å². The first-order valence-corrected chi connectivity index (χ1v) is 14.5. The maximum Gasteiger partial charge on any atom is 0.416 e. The Hall–Kier alpha value is -3.12. The van der Waals surface area contributed by atoms with Crippen LogP contribution in [0.4, 0.5) is 18.9 Å². The largest absolute Gasteiger partial charge is 0.416 e. The van der Waals surface area contributed by atoms with E-state index < -0.39 is 11.7 Å². The van der Waals surface area contributed by atoms with Crippen LogP contribution in [0.25, 0.3) is 0 Å². The fourth-order valence-electron chi connectivity index (χ4n) is 6.77. The van der Waals surface area contributed by atoms with Crippen molar-refractivity contribution in [2.24, 2.45) is 5.92 Å². The minimum atomic E-state index is -4.41. The van der Waals surface area contributed by atoms with Gasteiger partial charge in [0.2, 0.25) is 5.91 Å². The molecule has 2 aliphatic carbocycles. The van der Waals surface area contributed by atoms with Crippen molar-refractivity contribution in [1.82, 2.24) is 19.6 Å². The van der Waals surface area contributed by atoms with E-state index in [1.807, 2.05) is 9.80 Å². The van der Waals surface area contributed by atoms with Gasteiger partial charge in [-0.3, -0.25) is 14.3 Å². The van der Waals surface area contributed by atoms with Crippen molar-refractivity contribution in [3.8, 4) is 0 Å². The summed E-state index contributed by atoms with van der Waals surface area (Å²) in [5.74, 6) is 0.674. The average molecular weight is 576 g/mol. The Bertz CT molecular complexity index is 1310. The first-order valence-electron chi connectivity index (χ1n) is 14.5. The van der Waals surface area contributed by atoms with Crippen LogP contribution in [0, 0.1) is 12.8 Å². The molecule has 41 heavy (non-hydrogen) atoms. The second kappa shape index (κ2) is 10.9. The quantitative estimate of drug-likeness (QED) is 0.546. The Kier molecular flexibility index (Phi) is 7.48. The van der Waals surface area contributed by atoms with Gasteiger partial charge in [0, 0.05) is 56.2 Å². The molecular formula is C29H36F3N5O4. The lowest BCUT2D eigenvalue weighted by Gasteiger charge is -2.37. The number of piperazine rings is 1. The van der Waals surface area contributed by atoms with Crippen LogP contribution >= 0.6 is 0 Å². The van der Waals surface area contributed by atoms with E-state index in [9.17, 15) is 22.8 Å². The fourth-order valence-corrected chi connectivity index (χ4v) is 6.77. The molecule has 1 aromatic carbocycles. The first-order chi connectivity index (χ1) is 19.7. The summed E-state index contributed by atoms with van der Waals surface area (Å²) in [6.45, 7) is 4.65. The number of nitrogens with zero attached hydrogens (tertiary/aromatic N) is 5. The van der Waals surface area contributed by atoms with Crippen LogP contribution in [0.5, 0.6) is 0 Å². The van der Waals surface area contributed by atoms with Crippen molar-refractivity contribution in [3.63, 3.8) is 0 Å². The summed E-state index contributed by atoms with van der Waals surface area (Å²) >= 11 is 0. The number of aliphatic hydroxyl groups is 1. The number of ether oxygens (including phenoxy) is 1. The second-order valence-corrected chi connectivity index (χ2v) is 11.6. The zero-order valence-corrected chi connectivity index (χ0v) is 23.2. The topological polar surface area (TPSA) is 91.1 Å². The zero-order valence-electron chi connectivity index (χ0n) is 23.2. The molecule has 0 unspecified atom stereocenters. The lowest BCUT2D eigenvalue weighted by molar-refractivity contribution is -0.138. The van der Waals surface area contributed by atoms with E-state index in [0.717, 1.165) is 30.2 Å². The number of carbonyl (C=O) groups excluding carboxylic acids is 2. The summed E-state index contributed by atoms with van der Waals surface area (Å²) in [7, 11) is 0. The van der Waals surface area contributed by atoms with Crippen molar-refractivity contribution >= 4 is 17.5 Å². The Labute approximate surface area is 236 Å². The van der Waals surface area contributed by atoms with Crippen LogP contribution in [0.15, 0.2) is 18.2 Å². The predicted octanol–water partition coefficient (Wildman–Crippen LogP) is 2.83. The number of amides is 2. The second-order valence-electron chi connectivity index (χ2n) is 11.6. The summed E-state index contributed by atoms with van der Waals surface area (Å²) < 4.78 is 47.5. The number of halogens is 3. The Morgan fingerprint density at radius 3 is 2.49 bits per heavy atom. The van der Waals surface area contributed by atoms with Gasteiger partial charge >= 0.3 is 6.18 Å². The minimum absolute atomic E-state index is 0.0187. The number of carbonyl (C=O) groups is 2. The van der Waals surface area contributed by atoms with E-state index >= 15 is 0 Å². The molecule has 6 rings (SSSR count). The van der Waals surface area contributed by atoms with Crippen molar-refractivity contribution in [2.45, 2.75) is 57.3 Å². The number of fused-ring (bicyclic) bond motifs is 3. The third-order valence-corrected chi connectivity index (χ3v) is 9.09. The molecule has 0 bridgehead atoms. The van der Waals surface area contributed by atoms with Crippen molar-refractivity contribution < 1.29 is 32.6 Å². The number of aliphatic hydroxyl groups excluding tert-OH is 1. The van der Waals surface area contributed by atoms with Crippen molar-refractivity contribution in [1.29, 1.82) is 0 Å². The minimum Gasteiger partial charge on any atom is -0.394 e. The summed E-state index contributed by atoms with van der Waals surface area (Å²) in [6, 6.07) is 4.22. The first kappa shape index (κ1) is 28.0. The number of anilines is 1.